The van der Waals surface area contributed by atoms with E-state index in [9.17, 15) is 9.18 Å². The molecule has 3 aromatic rings. The average Bonchev–Trinajstić information content (AvgIpc) is 2.76. The molecule has 0 radical (unpaired) electrons. The van der Waals surface area contributed by atoms with Gasteiger partial charge in [-0.1, -0.05) is 29.8 Å². The van der Waals surface area contributed by atoms with Gasteiger partial charge in [0.1, 0.15) is 11.6 Å². The average molecular weight is 390 g/mol. The molecule has 29 heavy (non-hydrogen) atoms. The Bertz CT molecular complexity index is 998. The third-order valence-corrected chi connectivity index (χ3v) is 5.11. The summed E-state index contributed by atoms with van der Waals surface area (Å²) < 4.78 is 14.0. The minimum absolute atomic E-state index is 0.164. The lowest BCUT2D eigenvalue weighted by Gasteiger charge is -2.36. The van der Waals surface area contributed by atoms with Crippen molar-refractivity contribution >= 4 is 23.1 Å². The summed E-state index contributed by atoms with van der Waals surface area (Å²) in [5.41, 5.74) is 3.10. The molecule has 0 atom stereocenters. The Kier molecular flexibility index (Phi) is 5.42. The highest BCUT2D eigenvalue weighted by atomic mass is 19.1. The summed E-state index contributed by atoms with van der Waals surface area (Å²) in [4.78, 5) is 21.2. The zero-order chi connectivity index (χ0) is 20.2. The number of carbonyl (C=O) groups is 1. The summed E-state index contributed by atoms with van der Waals surface area (Å²) in [6.45, 7) is 4.83. The van der Waals surface area contributed by atoms with Gasteiger partial charge in [0, 0.05) is 43.6 Å². The first-order chi connectivity index (χ1) is 14.1. The molecule has 1 saturated heterocycles. The molecule has 2 heterocycles. The van der Waals surface area contributed by atoms with Crippen molar-refractivity contribution in [1.82, 2.24) is 4.98 Å². The number of amides is 1. The van der Waals surface area contributed by atoms with E-state index in [1.165, 1.54) is 6.07 Å². The van der Waals surface area contributed by atoms with Crippen LogP contribution in [0.25, 0.3) is 0 Å². The Labute approximate surface area is 169 Å². The van der Waals surface area contributed by atoms with Crippen LogP contribution in [-0.4, -0.2) is 37.1 Å². The quantitative estimate of drug-likeness (QED) is 0.728. The highest BCUT2D eigenvalue weighted by molar-refractivity contribution is 6.04. The fraction of sp³-hybridized carbons (Fsp3) is 0.217. The Morgan fingerprint density at radius 2 is 1.66 bits per heavy atom. The van der Waals surface area contributed by atoms with Gasteiger partial charge in [0.2, 0.25) is 0 Å². The number of para-hydroxylation sites is 1. The van der Waals surface area contributed by atoms with Crippen molar-refractivity contribution in [3.05, 3.63) is 83.8 Å². The number of benzene rings is 2. The Hall–Kier alpha value is -3.41. The third kappa shape index (κ3) is 4.37. The zero-order valence-corrected chi connectivity index (χ0v) is 16.3. The summed E-state index contributed by atoms with van der Waals surface area (Å²) in [5.74, 6) is 0.395. The first-order valence-corrected chi connectivity index (χ1v) is 9.69. The van der Waals surface area contributed by atoms with Crippen molar-refractivity contribution < 1.29 is 9.18 Å². The number of anilines is 3. The third-order valence-electron chi connectivity index (χ3n) is 5.11. The molecule has 4 rings (SSSR count). The normalized spacial score (nSPS) is 14.0. The molecular weight excluding hydrogens is 367 g/mol. The Balaban J connectivity index is 1.42. The van der Waals surface area contributed by atoms with Gasteiger partial charge in [-0.25, -0.2) is 9.37 Å². The molecule has 0 unspecified atom stereocenters. The number of carbonyl (C=O) groups excluding carboxylic acids is 1. The van der Waals surface area contributed by atoms with Gasteiger partial charge in [-0.15, -0.1) is 0 Å². The van der Waals surface area contributed by atoms with E-state index in [1.807, 2.05) is 48.2 Å². The van der Waals surface area contributed by atoms with Gasteiger partial charge in [0.05, 0.1) is 5.69 Å². The molecule has 5 nitrogen and oxygen atoms in total. The number of pyridine rings is 1. The maximum atomic E-state index is 14.0. The second-order valence-corrected chi connectivity index (χ2v) is 7.15. The van der Waals surface area contributed by atoms with Crippen LogP contribution < -0.4 is 15.1 Å². The van der Waals surface area contributed by atoms with Crippen LogP contribution in [0, 0.1) is 12.7 Å². The lowest BCUT2D eigenvalue weighted by atomic mass is 10.2. The molecule has 6 heteroatoms. The van der Waals surface area contributed by atoms with Crippen molar-refractivity contribution in [1.29, 1.82) is 0 Å². The van der Waals surface area contributed by atoms with Crippen molar-refractivity contribution in [3.63, 3.8) is 0 Å². The van der Waals surface area contributed by atoms with Gasteiger partial charge in [-0.3, -0.25) is 4.79 Å². The Morgan fingerprint density at radius 1 is 0.966 bits per heavy atom. The minimum Gasteiger partial charge on any atom is -0.366 e. The number of rotatable bonds is 4. The summed E-state index contributed by atoms with van der Waals surface area (Å²) >= 11 is 0. The smallest absolute Gasteiger partial charge is 0.255 e. The molecule has 148 valence electrons. The number of hydrogen-bond acceptors (Lipinski definition) is 4. The van der Waals surface area contributed by atoms with E-state index in [4.69, 9.17) is 0 Å². The van der Waals surface area contributed by atoms with Gasteiger partial charge in [0.25, 0.3) is 5.91 Å². The van der Waals surface area contributed by atoms with Gasteiger partial charge in [-0.2, -0.15) is 0 Å². The van der Waals surface area contributed by atoms with Crippen LogP contribution in [0.15, 0.2) is 66.9 Å². The number of nitrogens with one attached hydrogen (secondary N) is 1. The van der Waals surface area contributed by atoms with Gasteiger partial charge >= 0.3 is 0 Å². The standard InChI is InChI=1S/C23H23FN4O/c1-17-6-8-19(9-7-17)26-23(29)18-10-11-25-22(16-18)28-14-12-27(13-15-28)21-5-3-2-4-20(21)24/h2-11,16H,12-15H2,1H3,(H,26,29). The van der Waals surface area contributed by atoms with E-state index in [-0.39, 0.29) is 11.7 Å². The van der Waals surface area contributed by atoms with E-state index in [2.05, 4.69) is 15.2 Å². The molecule has 1 fully saturated rings. The van der Waals surface area contributed by atoms with Gasteiger partial charge in [-0.05, 0) is 43.3 Å². The fourth-order valence-electron chi connectivity index (χ4n) is 3.46. The molecule has 1 aromatic heterocycles. The molecule has 1 aliphatic rings. The summed E-state index contributed by atoms with van der Waals surface area (Å²) in [6.07, 6.45) is 1.66. The molecular formula is C23H23FN4O. The van der Waals surface area contributed by atoms with Crippen LogP contribution in [0.1, 0.15) is 15.9 Å². The molecule has 1 amide bonds. The summed E-state index contributed by atoms with van der Waals surface area (Å²) in [7, 11) is 0. The van der Waals surface area contributed by atoms with E-state index < -0.39 is 0 Å². The van der Waals surface area contributed by atoms with Crippen molar-refractivity contribution in [3.8, 4) is 0 Å². The van der Waals surface area contributed by atoms with E-state index in [0.717, 1.165) is 17.1 Å². The Morgan fingerprint density at radius 3 is 2.38 bits per heavy atom. The molecule has 2 aromatic carbocycles. The van der Waals surface area contributed by atoms with Crippen molar-refractivity contribution in [2.24, 2.45) is 0 Å². The number of piperazine rings is 1. The molecule has 1 N–H and O–H groups in total. The largest absolute Gasteiger partial charge is 0.366 e. The molecule has 0 aliphatic carbocycles. The van der Waals surface area contributed by atoms with Crippen LogP contribution in [0.3, 0.4) is 0 Å². The van der Waals surface area contributed by atoms with Crippen LogP contribution >= 0.6 is 0 Å². The SMILES string of the molecule is Cc1ccc(NC(=O)c2ccnc(N3CCN(c4ccccc4F)CC3)c2)cc1. The van der Waals surface area contributed by atoms with E-state index >= 15 is 0 Å². The van der Waals surface area contributed by atoms with E-state index in [1.54, 1.807) is 24.4 Å². The zero-order valence-electron chi connectivity index (χ0n) is 16.3. The minimum atomic E-state index is -0.200. The molecule has 1 aliphatic heterocycles. The topological polar surface area (TPSA) is 48.5 Å². The first kappa shape index (κ1) is 18.9. The number of nitrogens with zero attached hydrogens (tertiary/aromatic N) is 3. The summed E-state index contributed by atoms with van der Waals surface area (Å²) in [5, 5.41) is 2.92. The molecule has 0 bridgehead atoms. The number of aromatic nitrogens is 1. The maximum Gasteiger partial charge on any atom is 0.255 e. The van der Waals surface area contributed by atoms with Crippen molar-refractivity contribution in [2.75, 3.05) is 41.3 Å². The lowest BCUT2D eigenvalue weighted by Crippen LogP contribution is -2.47. The van der Waals surface area contributed by atoms with Gasteiger partial charge < -0.3 is 15.1 Å². The lowest BCUT2D eigenvalue weighted by molar-refractivity contribution is 0.102. The highest BCUT2D eigenvalue weighted by Crippen LogP contribution is 2.22. The number of halogens is 1. The van der Waals surface area contributed by atoms with E-state index in [0.29, 0.717) is 37.4 Å². The molecule has 0 spiro atoms. The number of hydrogen-bond donors (Lipinski definition) is 1. The van der Waals surface area contributed by atoms with Gasteiger partial charge in [0.15, 0.2) is 0 Å². The first-order valence-electron chi connectivity index (χ1n) is 9.69. The molecule has 0 saturated carbocycles. The monoisotopic (exact) mass is 390 g/mol. The van der Waals surface area contributed by atoms with Crippen molar-refractivity contribution in [2.45, 2.75) is 6.92 Å². The summed E-state index contributed by atoms with van der Waals surface area (Å²) in [6, 6.07) is 18.1. The van der Waals surface area contributed by atoms with Crippen LogP contribution in [0.4, 0.5) is 21.6 Å². The van der Waals surface area contributed by atoms with Crippen LogP contribution in [0.2, 0.25) is 0 Å². The second-order valence-electron chi connectivity index (χ2n) is 7.15. The maximum absolute atomic E-state index is 14.0. The highest BCUT2D eigenvalue weighted by Gasteiger charge is 2.21. The van der Waals surface area contributed by atoms with Crippen LogP contribution in [-0.2, 0) is 0 Å². The second kappa shape index (κ2) is 8.31. The predicted octanol–water partition coefficient (Wildman–Crippen LogP) is 4.11. The van der Waals surface area contributed by atoms with Crippen LogP contribution in [0.5, 0.6) is 0 Å². The number of aryl methyl sites for hydroxylation is 1. The fourth-order valence-corrected chi connectivity index (χ4v) is 3.46. The predicted molar refractivity (Wildman–Crippen MR) is 114 cm³/mol.